The van der Waals surface area contributed by atoms with Crippen molar-refractivity contribution in [2.24, 2.45) is 5.73 Å². The van der Waals surface area contributed by atoms with Crippen LogP contribution >= 0.6 is 0 Å². The van der Waals surface area contributed by atoms with Gasteiger partial charge < -0.3 is 21.3 Å². The minimum absolute atomic E-state index is 0.0450. The van der Waals surface area contributed by atoms with Crippen molar-refractivity contribution in [3.8, 4) is 11.5 Å². The van der Waals surface area contributed by atoms with Crippen LogP contribution in [0.2, 0.25) is 0 Å². The summed E-state index contributed by atoms with van der Waals surface area (Å²) in [4.78, 5) is 0.363. The number of hydrogen-bond acceptors (Lipinski definition) is 6. The number of phenolic OH excluding ortho intramolecular Hbond substituents is 2. The van der Waals surface area contributed by atoms with Crippen LogP contribution in [0.3, 0.4) is 0 Å². The fraction of sp³-hybridized carbons (Fsp3) is 0.520. The maximum absolute atomic E-state index is 11.5. The molecule has 0 heterocycles. The Morgan fingerprint density at radius 1 is 1.00 bits per heavy atom. The summed E-state index contributed by atoms with van der Waals surface area (Å²) in [6.07, 6.45) is 9.42. The minimum atomic E-state index is -3.13. The fourth-order valence-corrected chi connectivity index (χ4v) is 5.18. The zero-order valence-electron chi connectivity index (χ0n) is 18.9. The lowest BCUT2D eigenvalue weighted by molar-refractivity contribution is 0.391. The van der Waals surface area contributed by atoms with Gasteiger partial charge in [-0.2, -0.15) is 0 Å². The van der Waals surface area contributed by atoms with E-state index in [0.29, 0.717) is 4.90 Å². The first-order valence-corrected chi connectivity index (χ1v) is 13.4. The lowest BCUT2D eigenvalue weighted by Crippen LogP contribution is -2.33. The van der Waals surface area contributed by atoms with Gasteiger partial charge in [0.1, 0.15) is 0 Å². The fourth-order valence-electron chi connectivity index (χ4n) is 4.55. The third kappa shape index (κ3) is 6.70. The highest BCUT2D eigenvalue weighted by atomic mass is 32.2. The van der Waals surface area contributed by atoms with Gasteiger partial charge in [0.15, 0.2) is 21.3 Å². The number of phenols is 2. The monoisotopic (exact) mass is 460 g/mol. The number of fused-ring (bicyclic) bond motifs is 1. The quantitative estimate of drug-likeness (QED) is 0.301. The smallest absolute Gasteiger partial charge is 0.175 e. The summed E-state index contributed by atoms with van der Waals surface area (Å²) >= 11 is 0. The Morgan fingerprint density at radius 2 is 1.69 bits per heavy atom. The number of unbranched alkanes of at least 4 members (excludes halogenated alkanes) is 3. The number of benzene rings is 2. The molecule has 7 heteroatoms. The van der Waals surface area contributed by atoms with E-state index in [1.807, 2.05) is 12.1 Å². The molecular formula is C25H36N2O4S. The molecule has 2 atom stereocenters. The van der Waals surface area contributed by atoms with Gasteiger partial charge in [0.25, 0.3) is 0 Å². The highest BCUT2D eigenvalue weighted by Gasteiger charge is 2.27. The number of nitrogens with one attached hydrogen (secondary N) is 1. The van der Waals surface area contributed by atoms with E-state index in [1.54, 1.807) is 24.3 Å². The molecule has 3 rings (SSSR count). The van der Waals surface area contributed by atoms with Crippen LogP contribution in [0.5, 0.6) is 11.5 Å². The first kappa shape index (κ1) is 24.6. The molecule has 2 aromatic rings. The van der Waals surface area contributed by atoms with E-state index in [2.05, 4.69) is 5.32 Å². The van der Waals surface area contributed by atoms with Crippen molar-refractivity contribution in [2.75, 3.05) is 19.3 Å². The molecule has 2 aromatic carbocycles. The van der Waals surface area contributed by atoms with E-state index < -0.39 is 9.84 Å². The maximum Gasteiger partial charge on any atom is 0.175 e. The van der Waals surface area contributed by atoms with Crippen molar-refractivity contribution < 1.29 is 18.6 Å². The van der Waals surface area contributed by atoms with Crippen LogP contribution in [0.1, 0.15) is 61.1 Å². The Hall–Kier alpha value is -2.09. The highest BCUT2D eigenvalue weighted by Crippen LogP contribution is 2.40. The summed E-state index contributed by atoms with van der Waals surface area (Å²) in [5.41, 5.74) is 9.72. The molecule has 0 bridgehead atoms. The summed E-state index contributed by atoms with van der Waals surface area (Å²) in [5, 5.41) is 23.1. The Labute approximate surface area is 191 Å². The van der Waals surface area contributed by atoms with Gasteiger partial charge in [-0.25, -0.2) is 8.42 Å². The SMILES string of the molecule is CS(=O)(=O)c1ccc(CCNCCCCCCC2c3cc(O)c(O)cc3CCC2N)cc1. The summed E-state index contributed by atoms with van der Waals surface area (Å²) in [6, 6.07) is 10.6. The Morgan fingerprint density at radius 3 is 2.41 bits per heavy atom. The molecule has 32 heavy (non-hydrogen) atoms. The molecule has 0 radical (unpaired) electrons. The molecule has 6 nitrogen and oxygen atoms in total. The van der Waals surface area contributed by atoms with Crippen LogP contribution in [0.4, 0.5) is 0 Å². The molecule has 176 valence electrons. The van der Waals surface area contributed by atoms with Crippen molar-refractivity contribution >= 4 is 9.84 Å². The second kappa shape index (κ2) is 11.2. The first-order chi connectivity index (χ1) is 15.3. The molecular weight excluding hydrogens is 424 g/mol. The van der Waals surface area contributed by atoms with Crippen molar-refractivity contribution in [2.45, 2.75) is 68.2 Å². The largest absolute Gasteiger partial charge is 0.504 e. The van der Waals surface area contributed by atoms with Crippen LogP contribution in [-0.2, 0) is 22.7 Å². The Kier molecular flexibility index (Phi) is 8.57. The molecule has 1 aliphatic rings. The van der Waals surface area contributed by atoms with Crippen LogP contribution in [0.15, 0.2) is 41.3 Å². The van der Waals surface area contributed by atoms with Crippen molar-refractivity contribution in [3.05, 3.63) is 53.1 Å². The average Bonchev–Trinajstić information content (AvgIpc) is 2.75. The molecule has 5 N–H and O–H groups in total. The molecule has 0 aromatic heterocycles. The Balaban J connectivity index is 1.30. The molecule has 0 amide bonds. The molecule has 0 saturated heterocycles. The lowest BCUT2D eigenvalue weighted by Gasteiger charge is -2.31. The molecule has 2 unspecified atom stereocenters. The predicted molar refractivity (Wildman–Crippen MR) is 128 cm³/mol. The number of aromatic hydroxyl groups is 2. The zero-order valence-corrected chi connectivity index (χ0v) is 19.7. The lowest BCUT2D eigenvalue weighted by atomic mass is 9.77. The number of rotatable bonds is 11. The maximum atomic E-state index is 11.5. The van der Waals surface area contributed by atoms with Crippen molar-refractivity contribution in [1.82, 2.24) is 5.32 Å². The molecule has 0 aliphatic heterocycles. The van der Waals surface area contributed by atoms with E-state index in [0.717, 1.165) is 81.1 Å². The molecule has 0 spiro atoms. The van der Waals surface area contributed by atoms with Gasteiger partial charge in [0.05, 0.1) is 4.90 Å². The third-order valence-electron chi connectivity index (χ3n) is 6.46. The number of aryl methyl sites for hydroxylation is 1. The van der Waals surface area contributed by atoms with E-state index in [-0.39, 0.29) is 23.5 Å². The number of sulfone groups is 1. The van der Waals surface area contributed by atoms with E-state index >= 15 is 0 Å². The van der Waals surface area contributed by atoms with Crippen LogP contribution < -0.4 is 11.1 Å². The predicted octanol–water partition coefficient (Wildman–Crippen LogP) is 3.64. The number of hydrogen-bond donors (Lipinski definition) is 4. The van der Waals surface area contributed by atoms with Gasteiger partial charge >= 0.3 is 0 Å². The van der Waals surface area contributed by atoms with Crippen LogP contribution in [0, 0.1) is 0 Å². The molecule has 1 aliphatic carbocycles. The van der Waals surface area contributed by atoms with Gasteiger partial charge in [-0.15, -0.1) is 0 Å². The standard InChI is InChI=1S/C25H36N2O4S/c1-32(30,31)20-10-7-18(8-11-20)13-15-27-14-5-3-2-4-6-21-22-17-25(29)24(28)16-19(22)9-12-23(21)26/h7-8,10-11,16-17,21,23,27-29H,2-6,9,12-15,26H2,1H3. The van der Waals surface area contributed by atoms with Crippen LogP contribution in [0.25, 0.3) is 0 Å². The van der Waals surface area contributed by atoms with Crippen molar-refractivity contribution in [3.63, 3.8) is 0 Å². The highest BCUT2D eigenvalue weighted by molar-refractivity contribution is 7.90. The van der Waals surface area contributed by atoms with Gasteiger partial charge in [-0.05, 0) is 92.1 Å². The summed E-state index contributed by atoms with van der Waals surface area (Å²) < 4.78 is 23.0. The first-order valence-electron chi connectivity index (χ1n) is 11.6. The second-order valence-electron chi connectivity index (χ2n) is 8.97. The van der Waals surface area contributed by atoms with Gasteiger partial charge in [-0.3, -0.25) is 0 Å². The summed E-state index contributed by atoms with van der Waals surface area (Å²) in [6.45, 7) is 1.85. The summed E-state index contributed by atoms with van der Waals surface area (Å²) in [5.74, 6) is 0.147. The van der Waals surface area contributed by atoms with Crippen LogP contribution in [-0.4, -0.2) is 44.0 Å². The molecule has 0 saturated carbocycles. The van der Waals surface area contributed by atoms with Gasteiger partial charge in [0.2, 0.25) is 0 Å². The second-order valence-corrected chi connectivity index (χ2v) is 11.0. The minimum Gasteiger partial charge on any atom is -0.504 e. The van der Waals surface area contributed by atoms with E-state index in [1.165, 1.54) is 6.26 Å². The normalized spacial score (nSPS) is 18.4. The Bertz CT molecular complexity index is 990. The van der Waals surface area contributed by atoms with Crippen molar-refractivity contribution in [1.29, 1.82) is 0 Å². The van der Waals surface area contributed by atoms with E-state index in [4.69, 9.17) is 5.73 Å². The zero-order chi connectivity index (χ0) is 23.1. The number of nitrogens with two attached hydrogens (primary N) is 1. The molecule has 0 fully saturated rings. The van der Waals surface area contributed by atoms with Gasteiger partial charge in [-0.1, -0.05) is 31.4 Å². The van der Waals surface area contributed by atoms with Gasteiger partial charge in [0, 0.05) is 12.3 Å². The topological polar surface area (TPSA) is 113 Å². The van der Waals surface area contributed by atoms with E-state index in [9.17, 15) is 18.6 Å². The average molecular weight is 461 g/mol. The summed E-state index contributed by atoms with van der Waals surface area (Å²) in [7, 11) is -3.13. The third-order valence-corrected chi connectivity index (χ3v) is 7.59.